The molecule has 0 amide bonds. The number of methoxy groups -OCH3 is 1. The van der Waals surface area contributed by atoms with Crippen molar-refractivity contribution < 1.29 is 18.3 Å². The SMILES string of the molecule is COc1ccc2c(c1)CN(S(=O)(=O)c1ccc(C)cc1)CC[C@@H]2O. The number of hydrogen-bond acceptors (Lipinski definition) is 4. The summed E-state index contributed by atoms with van der Waals surface area (Å²) in [6.45, 7) is 2.41. The van der Waals surface area contributed by atoms with Crippen LogP contribution in [0.2, 0.25) is 0 Å². The van der Waals surface area contributed by atoms with Crippen molar-refractivity contribution in [2.75, 3.05) is 13.7 Å². The van der Waals surface area contributed by atoms with Gasteiger partial charge in [0, 0.05) is 13.1 Å². The molecule has 0 saturated carbocycles. The van der Waals surface area contributed by atoms with Crippen LogP contribution in [0.5, 0.6) is 5.75 Å². The zero-order valence-corrected chi connectivity index (χ0v) is 14.6. The first-order chi connectivity index (χ1) is 11.4. The van der Waals surface area contributed by atoms with Crippen LogP contribution in [-0.4, -0.2) is 31.5 Å². The Labute approximate surface area is 142 Å². The molecule has 1 aliphatic heterocycles. The predicted octanol–water partition coefficient (Wildman–Crippen LogP) is 2.63. The Balaban J connectivity index is 1.98. The molecule has 24 heavy (non-hydrogen) atoms. The molecule has 0 unspecified atom stereocenters. The molecule has 5 nitrogen and oxygen atoms in total. The lowest BCUT2D eigenvalue weighted by molar-refractivity contribution is 0.164. The van der Waals surface area contributed by atoms with E-state index in [2.05, 4.69) is 0 Å². The molecular formula is C18H21NO4S. The molecule has 0 saturated heterocycles. The molecule has 3 rings (SSSR count). The van der Waals surface area contributed by atoms with Crippen LogP contribution in [0.3, 0.4) is 0 Å². The average Bonchev–Trinajstić information content (AvgIpc) is 2.74. The van der Waals surface area contributed by atoms with Crippen molar-refractivity contribution in [3.63, 3.8) is 0 Å². The number of aliphatic hydroxyl groups excluding tert-OH is 1. The number of rotatable bonds is 3. The molecule has 1 atom stereocenters. The van der Waals surface area contributed by atoms with E-state index < -0.39 is 16.1 Å². The van der Waals surface area contributed by atoms with Crippen LogP contribution in [0.1, 0.15) is 29.2 Å². The Morgan fingerprint density at radius 3 is 2.54 bits per heavy atom. The summed E-state index contributed by atoms with van der Waals surface area (Å²) < 4.78 is 32.5. The van der Waals surface area contributed by atoms with E-state index in [1.54, 1.807) is 49.6 Å². The van der Waals surface area contributed by atoms with Gasteiger partial charge in [0.1, 0.15) is 5.75 Å². The quantitative estimate of drug-likeness (QED) is 0.927. The summed E-state index contributed by atoms with van der Waals surface area (Å²) in [4.78, 5) is 0.272. The lowest BCUT2D eigenvalue weighted by atomic mass is 10.0. The fourth-order valence-corrected chi connectivity index (χ4v) is 4.36. The van der Waals surface area contributed by atoms with E-state index in [1.807, 2.05) is 6.92 Å². The highest BCUT2D eigenvalue weighted by atomic mass is 32.2. The maximum absolute atomic E-state index is 12.9. The van der Waals surface area contributed by atoms with Crippen LogP contribution in [0.4, 0.5) is 0 Å². The third-order valence-electron chi connectivity index (χ3n) is 4.37. The van der Waals surface area contributed by atoms with E-state index in [0.29, 0.717) is 12.2 Å². The van der Waals surface area contributed by atoms with Crippen LogP contribution < -0.4 is 4.74 Å². The van der Waals surface area contributed by atoms with Crippen molar-refractivity contribution in [1.29, 1.82) is 0 Å². The fourth-order valence-electron chi connectivity index (χ4n) is 2.93. The van der Waals surface area contributed by atoms with Gasteiger partial charge in [-0.15, -0.1) is 0 Å². The number of sulfonamides is 1. The van der Waals surface area contributed by atoms with Crippen LogP contribution in [0.25, 0.3) is 0 Å². The highest BCUT2D eigenvalue weighted by Gasteiger charge is 2.29. The van der Waals surface area contributed by atoms with Gasteiger partial charge in [-0.3, -0.25) is 0 Å². The maximum atomic E-state index is 12.9. The third-order valence-corrected chi connectivity index (χ3v) is 6.23. The van der Waals surface area contributed by atoms with Crippen molar-refractivity contribution in [3.8, 4) is 5.75 Å². The van der Waals surface area contributed by atoms with Crippen molar-refractivity contribution >= 4 is 10.0 Å². The van der Waals surface area contributed by atoms with Crippen LogP contribution in [0.15, 0.2) is 47.4 Å². The van der Waals surface area contributed by atoms with Crippen LogP contribution in [-0.2, 0) is 16.6 Å². The first-order valence-electron chi connectivity index (χ1n) is 7.83. The molecule has 128 valence electrons. The van der Waals surface area contributed by atoms with E-state index in [9.17, 15) is 13.5 Å². The molecule has 0 radical (unpaired) electrons. The van der Waals surface area contributed by atoms with Crippen molar-refractivity contribution in [2.45, 2.75) is 30.9 Å². The molecule has 1 aliphatic rings. The summed E-state index contributed by atoms with van der Waals surface area (Å²) in [6, 6.07) is 12.2. The molecule has 2 aromatic carbocycles. The molecule has 1 heterocycles. The Hall–Kier alpha value is -1.89. The summed E-state index contributed by atoms with van der Waals surface area (Å²) in [5, 5.41) is 10.3. The summed E-state index contributed by atoms with van der Waals surface area (Å²) in [5.41, 5.74) is 2.54. The van der Waals surface area contributed by atoms with Crippen molar-refractivity contribution in [1.82, 2.24) is 4.31 Å². The highest BCUT2D eigenvalue weighted by molar-refractivity contribution is 7.89. The second-order valence-electron chi connectivity index (χ2n) is 6.02. The Bertz CT molecular complexity index is 831. The summed E-state index contributed by atoms with van der Waals surface area (Å²) in [6.07, 6.45) is -0.311. The monoisotopic (exact) mass is 347 g/mol. The Kier molecular flexibility index (Phi) is 4.62. The van der Waals surface area contributed by atoms with Gasteiger partial charge in [0.15, 0.2) is 0 Å². The van der Waals surface area contributed by atoms with E-state index >= 15 is 0 Å². The molecule has 0 aromatic heterocycles. The van der Waals surface area contributed by atoms with E-state index in [1.165, 1.54) is 4.31 Å². The van der Waals surface area contributed by atoms with Gasteiger partial charge in [0.2, 0.25) is 10.0 Å². The fraction of sp³-hybridized carbons (Fsp3) is 0.333. The molecule has 6 heteroatoms. The normalized spacial score (nSPS) is 18.7. The van der Waals surface area contributed by atoms with Crippen molar-refractivity contribution in [2.24, 2.45) is 0 Å². The lowest BCUT2D eigenvalue weighted by Crippen LogP contribution is -2.31. The third kappa shape index (κ3) is 3.17. The number of hydrogen-bond donors (Lipinski definition) is 1. The smallest absolute Gasteiger partial charge is 0.243 e. The number of benzene rings is 2. The standard InChI is InChI=1S/C18H21NO4S/c1-13-3-6-16(7-4-13)24(21,22)19-10-9-18(20)17-8-5-15(23-2)11-14(17)12-19/h3-8,11,18,20H,9-10,12H2,1-2H3/t18-/m0/s1. The lowest BCUT2D eigenvalue weighted by Gasteiger charge is -2.20. The molecule has 0 bridgehead atoms. The van der Waals surface area contributed by atoms with Gasteiger partial charge in [-0.05, 0) is 48.7 Å². The van der Waals surface area contributed by atoms with E-state index in [-0.39, 0.29) is 18.0 Å². The van der Waals surface area contributed by atoms with Gasteiger partial charge < -0.3 is 9.84 Å². The Morgan fingerprint density at radius 1 is 1.17 bits per heavy atom. The second kappa shape index (κ2) is 6.55. The minimum atomic E-state index is -3.61. The zero-order chi connectivity index (χ0) is 17.3. The van der Waals surface area contributed by atoms with Crippen LogP contribution in [0, 0.1) is 6.92 Å². The Morgan fingerprint density at radius 2 is 1.88 bits per heavy atom. The summed E-state index contributed by atoms with van der Waals surface area (Å²) >= 11 is 0. The second-order valence-corrected chi connectivity index (χ2v) is 7.96. The van der Waals surface area contributed by atoms with Gasteiger partial charge in [-0.25, -0.2) is 8.42 Å². The van der Waals surface area contributed by atoms with Crippen LogP contribution >= 0.6 is 0 Å². The molecule has 0 aliphatic carbocycles. The summed E-state index contributed by atoms with van der Waals surface area (Å²) in [7, 11) is -2.04. The number of aryl methyl sites for hydroxylation is 1. The number of nitrogens with zero attached hydrogens (tertiary/aromatic N) is 1. The van der Waals surface area contributed by atoms with Gasteiger partial charge in [0.25, 0.3) is 0 Å². The molecule has 1 N–H and O–H groups in total. The first kappa shape index (κ1) is 17.0. The van der Waals surface area contributed by atoms with Gasteiger partial charge in [-0.2, -0.15) is 4.31 Å². The summed E-state index contributed by atoms with van der Waals surface area (Å²) in [5.74, 6) is 0.649. The van der Waals surface area contributed by atoms with Crippen molar-refractivity contribution in [3.05, 3.63) is 59.2 Å². The van der Waals surface area contributed by atoms with Gasteiger partial charge in [-0.1, -0.05) is 23.8 Å². The predicted molar refractivity (Wildman–Crippen MR) is 91.3 cm³/mol. The number of ether oxygens (including phenoxy) is 1. The largest absolute Gasteiger partial charge is 0.497 e. The maximum Gasteiger partial charge on any atom is 0.243 e. The topological polar surface area (TPSA) is 66.8 Å². The van der Waals surface area contributed by atoms with E-state index in [4.69, 9.17) is 4.74 Å². The number of fused-ring (bicyclic) bond motifs is 1. The zero-order valence-electron chi connectivity index (χ0n) is 13.8. The molecule has 0 spiro atoms. The number of aliphatic hydroxyl groups is 1. The van der Waals surface area contributed by atoms with Gasteiger partial charge in [0.05, 0.1) is 18.1 Å². The average molecular weight is 347 g/mol. The molecule has 0 fully saturated rings. The van der Waals surface area contributed by atoms with E-state index in [0.717, 1.165) is 16.7 Å². The minimum Gasteiger partial charge on any atom is -0.497 e. The minimum absolute atomic E-state index is 0.222. The highest BCUT2D eigenvalue weighted by Crippen LogP contribution is 2.32. The first-order valence-corrected chi connectivity index (χ1v) is 9.27. The van der Waals surface area contributed by atoms with Gasteiger partial charge >= 0.3 is 0 Å². The molecule has 2 aromatic rings. The molecular weight excluding hydrogens is 326 g/mol.